The molecule has 1 aliphatic heterocycles. The lowest BCUT2D eigenvalue weighted by molar-refractivity contribution is -0.258. The molecule has 0 aromatic heterocycles. The minimum Gasteiger partial charge on any atom is -0.465 e. The normalized spacial score (nSPS) is 30.3. The van der Waals surface area contributed by atoms with Gasteiger partial charge in [0.15, 0.2) is 5.79 Å². The standard InChI is InChI=1S/C14H22O4/c1-3-7-13(12(15)16-4-2)8-5-6-9-14(13)17-10-11-18-14/h3H,1,4-11H2,2H3/t13-/m1/s1. The summed E-state index contributed by atoms with van der Waals surface area (Å²) >= 11 is 0. The second-order valence-corrected chi connectivity index (χ2v) is 4.95. The number of carbonyl (C=O) groups excluding carboxylic acids is 1. The summed E-state index contributed by atoms with van der Waals surface area (Å²) in [7, 11) is 0. The third-order valence-electron chi connectivity index (χ3n) is 4.00. The maximum atomic E-state index is 12.4. The molecule has 0 bridgehead atoms. The first kappa shape index (κ1) is 13.6. The third kappa shape index (κ3) is 1.97. The van der Waals surface area contributed by atoms with Crippen LogP contribution in [0.15, 0.2) is 12.7 Å². The summed E-state index contributed by atoms with van der Waals surface area (Å²) in [6.07, 6.45) is 5.86. The van der Waals surface area contributed by atoms with Crippen LogP contribution in [0.5, 0.6) is 0 Å². The number of ether oxygens (including phenoxy) is 3. The maximum Gasteiger partial charge on any atom is 0.317 e. The van der Waals surface area contributed by atoms with E-state index in [0.717, 1.165) is 25.7 Å². The van der Waals surface area contributed by atoms with Gasteiger partial charge in [-0.1, -0.05) is 12.5 Å². The smallest absolute Gasteiger partial charge is 0.317 e. The van der Waals surface area contributed by atoms with Gasteiger partial charge in [-0.25, -0.2) is 0 Å². The van der Waals surface area contributed by atoms with Gasteiger partial charge >= 0.3 is 5.97 Å². The lowest BCUT2D eigenvalue weighted by Gasteiger charge is -2.47. The predicted octanol–water partition coefficient (Wildman–Crippen LogP) is 2.43. The molecule has 0 aromatic carbocycles. The minimum atomic E-state index is -0.786. The number of carbonyl (C=O) groups is 1. The van der Waals surface area contributed by atoms with Crippen LogP contribution in [0.3, 0.4) is 0 Å². The van der Waals surface area contributed by atoms with Crippen LogP contribution in [-0.2, 0) is 19.0 Å². The van der Waals surface area contributed by atoms with Gasteiger partial charge in [0.05, 0.1) is 19.8 Å². The zero-order valence-electron chi connectivity index (χ0n) is 11.1. The maximum absolute atomic E-state index is 12.4. The highest BCUT2D eigenvalue weighted by atomic mass is 16.7. The Morgan fingerprint density at radius 3 is 2.61 bits per heavy atom. The van der Waals surface area contributed by atoms with Gasteiger partial charge in [0.2, 0.25) is 0 Å². The van der Waals surface area contributed by atoms with Gasteiger partial charge in [-0.15, -0.1) is 6.58 Å². The molecular formula is C14H22O4. The summed E-state index contributed by atoms with van der Waals surface area (Å²) in [5, 5.41) is 0. The molecule has 1 heterocycles. The highest BCUT2D eigenvalue weighted by Crippen LogP contribution is 2.52. The van der Waals surface area contributed by atoms with E-state index in [-0.39, 0.29) is 5.97 Å². The lowest BCUT2D eigenvalue weighted by atomic mass is 9.67. The molecule has 1 aliphatic carbocycles. The highest BCUT2D eigenvalue weighted by molar-refractivity contribution is 5.78. The van der Waals surface area contributed by atoms with Crippen molar-refractivity contribution >= 4 is 5.97 Å². The molecule has 2 aliphatic rings. The Morgan fingerprint density at radius 2 is 2.00 bits per heavy atom. The Hall–Kier alpha value is -0.870. The summed E-state index contributed by atoms with van der Waals surface area (Å²) in [6.45, 7) is 7.09. The second-order valence-electron chi connectivity index (χ2n) is 4.95. The third-order valence-corrected chi connectivity index (χ3v) is 4.00. The summed E-state index contributed by atoms with van der Waals surface area (Å²) in [6, 6.07) is 0. The largest absolute Gasteiger partial charge is 0.465 e. The van der Waals surface area contributed by atoms with E-state index in [1.165, 1.54) is 0 Å². The molecule has 1 saturated heterocycles. The topological polar surface area (TPSA) is 44.8 Å². The molecule has 1 saturated carbocycles. The first-order valence-corrected chi connectivity index (χ1v) is 6.77. The van der Waals surface area contributed by atoms with E-state index < -0.39 is 11.2 Å². The highest BCUT2D eigenvalue weighted by Gasteiger charge is 2.61. The van der Waals surface area contributed by atoms with Crippen molar-refractivity contribution in [2.24, 2.45) is 5.41 Å². The molecule has 1 atom stereocenters. The van der Waals surface area contributed by atoms with Crippen LogP contribution in [0.2, 0.25) is 0 Å². The van der Waals surface area contributed by atoms with Crippen LogP contribution in [0.25, 0.3) is 0 Å². The van der Waals surface area contributed by atoms with Gasteiger partial charge in [0, 0.05) is 6.42 Å². The van der Waals surface area contributed by atoms with Crippen LogP contribution >= 0.6 is 0 Å². The Balaban J connectivity index is 2.34. The van der Waals surface area contributed by atoms with E-state index in [9.17, 15) is 4.79 Å². The molecule has 0 radical (unpaired) electrons. The Kier molecular flexibility index (Phi) is 4.07. The Bertz CT molecular complexity index is 320. The summed E-state index contributed by atoms with van der Waals surface area (Å²) in [5.41, 5.74) is -0.709. The molecule has 18 heavy (non-hydrogen) atoms. The van der Waals surface area contributed by atoms with E-state index in [1.54, 1.807) is 6.08 Å². The fourth-order valence-electron chi connectivity index (χ4n) is 3.20. The molecule has 2 rings (SSSR count). The van der Waals surface area contributed by atoms with Crippen molar-refractivity contribution in [1.29, 1.82) is 0 Å². The zero-order valence-corrected chi connectivity index (χ0v) is 11.1. The van der Waals surface area contributed by atoms with Crippen LogP contribution in [0.4, 0.5) is 0 Å². The molecule has 2 fully saturated rings. The molecule has 0 unspecified atom stereocenters. The van der Waals surface area contributed by atoms with Crippen LogP contribution < -0.4 is 0 Å². The molecule has 102 valence electrons. The van der Waals surface area contributed by atoms with Gasteiger partial charge in [0.25, 0.3) is 0 Å². The van der Waals surface area contributed by atoms with Gasteiger partial charge in [-0.3, -0.25) is 4.79 Å². The van der Waals surface area contributed by atoms with Gasteiger partial charge in [-0.05, 0) is 26.2 Å². The molecule has 0 aromatic rings. The van der Waals surface area contributed by atoms with E-state index in [2.05, 4.69) is 6.58 Å². The average Bonchev–Trinajstić information content (AvgIpc) is 2.83. The number of esters is 1. The lowest BCUT2D eigenvalue weighted by Crippen LogP contribution is -2.56. The van der Waals surface area contributed by atoms with Crippen molar-refractivity contribution in [3.8, 4) is 0 Å². The summed E-state index contributed by atoms with van der Waals surface area (Å²) < 4.78 is 17.0. The Morgan fingerprint density at radius 1 is 1.33 bits per heavy atom. The monoisotopic (exact) mass is 254 g/mol. The van der Waals surface area contributed by atoms with Crippen LogP contribution in [0.1, 0.15) is 39.0 Å². The zero-order chi connectivity index (χ0) is 13.1. The van der Waals surface area contributed by atoms with E-state index in [4.69, 9.17) is 14.2 Å². The first-order valence-electron chi connectivity index (χ1n) is 6.77. The number of allylic oxidation sites excluding steroid dienone is 1. The molecule has 0 N–H and O–H groups in total. The number of hydrogen-bond donors (Lipinski definition) is 0. The average molecular weight is 254 g/mol. The fraction of sp³-hybridized carbons (Fsp3) is 0.786. The van der Waals surface area contributed by atoms with Crippen molar-refractivity contribution in [3.63, 3.8) is 0 Å². The first-order chi connectivity index (χ1) is 8.71. The van der Waals surface area contributed by atoms with Crippen molar-refractivity contribution in [3.05, 3.63) is 12.7 Å². The van der Waals surface area contributed by atoms with E-state index in [1.807, 2.05) is 6.92 Å². The molecule has 4 heteroatoms. The van der Waals surface area contributed by atoms with Crippen LogP contribution in [0, 0.1) is 5.41 Å². The van der Waals surface area contributed by atoms with Crippen molar-refractivity contribution in [2.75, 3.05) is 19.8 Å². The van der Waals surface area contributed by atoms with Crippen LogP contribution in [-0.4, -0.2) is 31.6 Å². The van der Waals surface area contributed by atoms with E-state index >= 15 is 0 Å². The number of hydrogen-bond acceptors (Lipinski definition) is 4. The second kappa shape index (κ2) is 5.41. The van der Waals surface area contributed by atoms with Crippen molar-refractivity contribution in [1.82, 2.24) is 0 Å². The quantitative estimate of drug-likeness (QED) is 0.571. The van der Waals surface area contributed by atoms with Gasteiger partial charge in [0.1, 0.15) is 5.41 Å². The van der Waals surface area contributed by atoms with Gasteiger partial charge in [-0.2, -0.15) is 0 Å². The molecule has 1 spiro atoms. The summed E-state index contributed by atoms with van der Waals surface area (Å²) in [5.74, 6) is -0.988. The molecule has 4 nitrogen and oxygen atoms in total. The molecule has 0 amide bonds. The minimum absolute atomic E-state index is 0.202. The molecular weight excluding hydrogens is 232 g/mol. The van der Waals surface area contributed by atoms with Crippen molar-refractivity contribution < 1.29 is 19.0 Å². The Labute approximate surface area is 108 Å². The summed E-state index contributed by atoms with van der Waals surface area (Å²) in [4.78, 5) is 12.4. The number of rotatable bonds is 4. The fourth-order valence-corrected chi connectivity index (χ4v) is 3.20. The van der Waals surface area contributed by atoms with Crippen molar-refractivity contribution in [2.45, 2.75) is 44.8 Å². The van der Waals surface area contributed by atoms with E-state index in [0.29, 0.717) is 26.2 Å². The van der Waals surface area contributed by atoms with Gasteiger partial charge < -0.3 is 14.2 Å². The SMILES string of the molecule is C=CC[C@]1(C(=O)OCC)CCCCC12OCCO2. The predicted molar refractivity (Wildman–Crippen MR) is 67.0 cm³/mol.